The molecule has 0 aliphatic heterocycles. The van der Waals surface area contributed by atoms with Crippen LogP contribution in [0.1, 0.15) is 25.3 Å². The van der Waals surface area contributed by atoms with Crippen LogP contribution in [0.4, 0.5) is 10.1 Å². The molecule has 1 aromatic rings. The van der Waals surface area contributed by atoms with Gasteiger partial charge in [0.15, 0.2) is 0 Å². The molecule has 0 spiro atoms. The largest absolute Gasteiger partial charge is 0.481 e. The number of carboxylic acids is 1. The van der Waals surface area contributed by atoms with Gasteiger partial charge in [-0.2, -0.15) is 0 Å². The van der Waals surface area contributed by atoms with Crippen LogP contribution in [0.15, 0.2) is 18.2 Å². The fourth-order valence-corrected chi connectivity index (χ4v) is 1.91. The minimum atomic E-state index is -3.55. The Balaban J connectivity index is 3.04. The van der Waals surface area contributed by atoms with E-state index in [1.54, 1.807) is 0 Å². The summed E-state index contributed by atoms with van der Waals surface area (Å²) in [5, 5.41) is 8.79. The second kappa shape index (κ2) is 5.34. The van der Waals surface area contributed by atoms with Crippen molar-refractivity contribution in [3.05, 3.63) is 29.6 Å². The zero-order valence-corrected chi connectivity index (χ0v) is 10.8. The normalized spacial score (nSPS) is 13.1. The third kappa shape index (κ3) is 3.43. The summed E-state index contributed by atoms with van der Waals surface area (Å²) in [5.41, 5.74) is 0.0950. The number of sulfonamides is 1. The molecule has 0 saturated heterocycles. The molecule has 2 N–H and O–H groups in total. The zero-order chi connectivity index (χ0) is 13.9. The lowest BCUT2D eigenvalue weighted by atomic mass is 10.0. The predicted molar refractivity (Wildman–Crippen MR) is 65.5 cm³/mol. The number of rotatable bonds is 5. The lowest BCUT2D eigenvalue weighted by Gasteiger charge is -2.10. The fraction of sp³-hybridized carbons (Fsp3) is 0.364. The lowest BCUT2D eigenvalue weighted by molar-refractivity contribution is -0.138. The molecule has 0 radical (unpaired) electrons. The van der Waals surface area contributed by atoms with Crippen LogP contribution in [0.25, 0.3) is 0 Å². The summed E-state index contributed by atoms with van der Waals surface area (Å²) in [7, 11) is -3.55. The van der Waals surface area contributed by atoms with E-state index in [1.165, 1.54) is 26.0 Å². The Hall–Kier alpha value is -1.63. The number of halogens is 1. The van der Waals surface area contributed by atoms with Gasteiger partial charge >= 0.3 is 5.97 Å². The van der Waals surface area contributed by atoms with Crippen LogP contribution in [0.5, 0.6) is 0 Å². The number of hydrogen-bond acceptors (Lipinski definition) is 3. The van der Waals surface area contributed by atoms with Crippen molar-refractivity contribution in [3.8, 4) is 0 Å². The molecule has 7 heteroatoms. The maximum absolute atomic E-state index is 13.6. The molecular formula is C11H14FNO4S. The maximum atomic E-state index is 13.6. The van der Waals surface area contributed by atoms with Gasteiger partial charge in [-0.15, -0.1) is 0 Å². The molecule has 1 aromatic carbocycles. The summed E-state index contributed by atoms with van der Waals surface area (Å²) in [5.74, 6) is -2.88. The second-order valence-electron chi connectivity index (χ2n) is 3.80. The van der Waals surface area contributed by atoms with E-state index in [0.717, 1.165) is 6.07 Å². The van der Waals surface area contributed by atoms with Crippen molar-refractivity contribution >= 4 is 21.7 Å². The van der Waals surface area contributed by atoms with Crippen molar-refractivity contribution in [1.82, 2.24) is 0 Å². The van der Waals surface area contributed by atoms with Crippen LogP contribution < -0.4 is 4.72 Å². The van der Waals surface area contributed by atoms with E-state index in [4.69, 9.17) is 5.11 Å². The van der Waals surface area contributed by atoms with Gasteiger partial charge in [0.05, 0.1) is 17.4 Å². The van der Waals surface area contributed by atoms with Gasteiger partial charge in [-0.05, 0) is 31.5 Å². The van der Waals surface area contributed by atoms with E-state index < -0.39 is 27.7 Å². The fourth-order valence-electron chi connectivity index (χ4n) is 1.27. The number of nitrogens with one attached hydrogen (secondary N) is 1. The number of hydrogen-bond donors (Lipinski definition) is 2. The molecule has 0 aliphatic rings. The summed E-state index contributed by atoms with van der Waals surface area (Å²) in [4.78, 5) is 10.7. The highest BCUT2D eigenvalue weighted by Gasteiger charge is 2.17. The molecule has 0 saturated carbocycles. The SMILES string of the molecule is CCS(=O)(=O)Nc1ccc(C(C)C(=O)O)cc1F. The van der Waals surface area contributed by atoms with Gasteiger partial charge in [0.25, 0.3) is 0 Å². The highest BCUT2D eigenvalue weighted by atomic mass is 32.2. The Morgan fingerprint density at radius 2 is 2.11 bits per heavy atom. The monoisotopic (exact) mass is 275 g/mol. The summed E-state index contributed by atoms with van der Waals surface area (Å²) in [6, 6.07) is 3.62. The predicted octanol–water partition coefficient (Wildman–Crippen LogP) is 1.78. The molecule has 100 valence electrons. The Labute approximate surface area is 105 Å². The van der Waals surface area contributed by atoms with Crippen molar-refractivity contribution in [2.75, 3.05) is 10.5 Å². The van der Waals surface area contributed by atoms with Crippen molar-refractivity contribution < 1.29 is 22.7 Å². The summed E-state index contributed by atoms with van der Waals surface area (Å²) in [6.07, 6.45) is 0. The number of aliphatic carboxylic acids is 1. The molecule has 18 heavy (non-hydrogen) atoms. The average molecular weight is 275 g/mol. The summed E-state index contributed by atoms with van der Waals surface area (Å²) in [6.45, 7) is 2.86. The zero-order valence-electron chi connectivity index (χ0n) is 9.97. The maximum Gasteiger partial charge on any atom is 0.310 e. The Morgan fingerprint density at radius 3 is 2.56 bits per heavy atom. The molecule has 1 atom stereocenters. The first-order chi connectivity index (χ1) is 8.26. The van der Waals surface area contributed by atoms with E-state index in [1.807, 2.05) is 0 Å². The molecule has 0 bridgehead atoms. The van der Waals surface area contributed by atoms with Crippen LogP contribution in [0, 0.1) is 5.82 Å². The van der Waals surface area contributed by atoms with Gasteiger partial charge in [0.2, 0.25) is 10.0 Å². The summed E-state index contributed by atoms with van der Waals surface area (Å²) >= 11 is 0. The molecule has 1 unspecified atom stereocenters. The Morgan fingerprint density at radius 1 is 1.50 bits per heavy atom. The topological polar surface area (TPSA) is 83.5 Å². The quantitative estimate of drug-likeness (QED) is 0.858. The molecule has 0 aliphatic carbocycles. The third-order valence-corrected chi connectivity index (χ3v) is 3.80. The van der Waals surface area contributed by atoms with E-state index in [9.17, 15) is 17.6 Å². The number of carboxylic acid groups (broad SMARTS) is 1. The van der Waals surface area contributed by atoms with Gasteiger partial charge in [0.1, 0.15) is 5.82 Å². The molecule has 0 amide bonds. The van der Waals surface area contributed by atoms with Crippen LogP contribution in [-0.2, 0) is 14.8 Å². The second-order valence-corrected chi connectivity index (χ2v) is 5.82. The Kier molecular flexibility index (Phi) is 4.28. The molecule has 0 fully saturated rings. The number of carbonyl (C=O) groups is 1. The lowest BCUT2D eigenvalue weighted by Crippen LogP contribution is -2.16. The first-order valence-corrected chi connectivity index (χ1v) is 6.94. The smallest absolute Gasteiger partial charge is 0.310 e. The van der Waals surface area contributed by atoms with E-state index in [-0.39, 0.29) is 17.0 Å². The molecule has 0 heterocycles. The first kappa shape index (κ1) is 14.4. The number of anilines is 1. The van der Waals surface area contributed by atoms with Gasteiger partial charge in [-0.3, -0.25) is 9.52 Å². The minimum Gasteiger partial charge on any atom is -0.481 e. The highest BCUT2D eigenvalue weighted by Crippen LogP contribution is 2.22. The van der Waals surface area contributed by atoms with Crippen LogP contribution in [0.2, 0.25) is 0 Å². The molecule has 5 nitrogen and oxygen atoms in total. The molecular weight excluding hydrogens is 261 g/mol. The molecule has 0 aromatic heterocycles. The van der Waals surface area contributed by atoms with E-state index in [0.29, 0.717) is 0 Å². The van der Waals surface area contributed by atoms with E-state index in [2.05, 4.69) is 4.72 Å². The minimum absolute atomic E-state index is 0.167. The third-order valence-electron chi connectivity index (χ3n) is 2.51. The van der Waals surface area contributed by atoms with Crippen molar-refractivity contribution in [2.24, 2.45) is 0 Å². The van der Waals surface area contributed by atoms with Gasteiger partial charge in [0, 0.05) is 0 Å². The molecule has 1 rings (SSSR count). The van der Waals surface area contributed by atoms with Gasteiger partial charge < -0.3 is 5.11 Å². The van der Waals surface area contributed by atoms with E-state index >= 15 is 0 Å². The first-order valence-electron chi connectivity index (χ1n) is 5.29. The van der Waals surface area contributed by atoms with Crippen molar-refractivity contribution in [1.29, 1.82) is 0 Å². The van der Waals surface area contributed by atoms with Crippen molar-refractivity contribution in [2.45, 2.75) is 19.8 Å². The standard InChI is InChI=1S/C11H14FNO4S/c1-3-18(16,17)13-10-5-4-8(6-9(10)12)7(2)11(14)15/h4-7,13H,3H2,1-2H3,(H,14,15). The van der Waals surface area contributed by atoms with Gasteiger partial charge in [-0.1, -0.05) is 6.07 Å². The van der Waals surface area contributed by atoms with Gasteiger partial charge in [-0.25, -0.2) is 12.8 Å². The van der Waals surface area contributed by atoms with Crippen molar-refractivity contribution in [3.63, 3.8) is 0 Å². The van der Waals surface area contributed by atoms with Crippen LogP contribution in [0.3, 0.4) is 0 Å². The highest BCUT2D eigenvalue weighted by molar-refractivity contribution is 7.92. The van der Waals surface area contributed by atoms with Crippen LogP contribution >= 0.6 is 0 Å². The summed E-state index contributed by atoms with van der Waals surface area (Å²) < 4.78 is 38.3. The van der Waals surface area contributed by atoms with Crippen LogP contribution in [-0.4, -0.2) is 25.2 Å². The Bertz CT molecular complexity index is 556. The number of benzene rings is 1. The average Bonchev–Trinajstić information content (AvgIpc) is 2.30.